The van der Waals surface area contributed by atoms with E-state index in [-0.39, 0.29) is 0 Å². The van der Waals surface area contributed by atoms with Gasteiger partial charge in [0.05, 0.1) is 0 Å². The van der Waals surface area contributed by atoms with Crippen molar-refractivity contribution in [3.05, 3.63) is 0 Å². The lowest BCUT2D eigenvalue weighted by molar-refractivity contribution is -0.123. The van der Waals surface area contributed by atoms with E-state index in [9.17, 15) is 4.79 Å². The molecule has 0 N–H and O–H groups in total. The lowest BCUT2D eigenvalue weighted by Crippen LogP contribution is -2.45. The van der Waals surface area contributed by atoms with Gasteiger partial charge in [0.25, 0.3) is 0 Å². The summed E-state index contributed by atoms with van der Waals surface area (Å²) in [5.74, 6) is 0.305. The van der Waals surface area contributed by atoms with Gasteiger partial charge >= 0.3 is 0 Å². The highest BCUT2D eigenvalue weighted by Crippen LogP contribution is 2.24. The van der Waals surface area contributed by atoms with Crippen molar-refractivity contribution in [3.8, 4) is 0 Å². The Hall–Kier alpha value is -0.220. The van der Waals surface area contributed by atoms with Crippen molar-refractivity contribution in [2.45, 2.75) is 18.9 Å². The van der Waals surface area contributed by atoms with Crippen molar-refractivity contribution in [2.24, 2.45) is 0 Å². The van der Waals surface area contributed by atoms with Gasteiger partial charge in [0.1, 0.15) is 0 Å². The number of carbonyl (C=O) groups is 1. The number of hydrogen-bond donors (Lipinski definition) is 0. The first-order valence-corrected chi connectivity index (χ1v) is 5.58. The van der Waals surface area contributed by atoms with E-state index in [2.05, 4.69) is 4.90 Å². The number of likely N-dealkylation sites (tertiary alicyclic amines) is 1. The summed E-state index contributed by atoms with van der Waals surface area (Å²) in [5.41, 5.74) is 0. The molecule has 0 aliphatic carbocycles. The molecule has 12 heavy (non-hydrogen) atoms. The SMILES string of the molecule is CSN1C[C@H](N2CCC2)CC1=O. The summed E-state index contributed by atoms with van der Waals surface area (Å²) in [6.07, 6.45) is 4.02. The predicted molar refractivity (Wildman–Crippen MR) is 49.8 cm³/mol. The fourth-order valence-electron chi connectivity index (χ4n) is 1.79. The summed E-state index contributed by atoms with van der Waals surface area (Å²) in [5, 5.41) is 0. The molecule has 0 radical (unpaired) electrons. The molecule has 0 aromatic heterocycles. The first-order valence-electron chi connectivity index (χ1n) is 4.40. The van der Waals surface area contributed by atoms with E-state index in [4.69, 9.17) is 0 Å². The van der Waals surface area contributed by atoms with Gasteiger partial charge < -0.3 is 0 Å². The van der Waals surface area contributed by atoms with Gasteiger partial charge in [-0.2, -0.15) is 0 Å². The van der Waals surface area contributed by atoms with E-state index in [1.807, 2.05) is 10.6 Å². The highest BCUT2D eigenvalue weighted by atomic mass is 32.2. The average Bonchev–Trinajstić information content (AvgIpc) is 2.27. The fraction of sp³-hybridized carbons (Fsp3) is 0.875. The van der Waals surface area contributed by atoms with Crippen LogP contribution < -0.4 is 0 Å². The van der Waals surface area contributed by atoms with Gasteiger partial charge in [-0.05, 0) is 19.5 Å². The summed E-state index contributed by atoms with van der Waals surface area (Å²) in [6, 6.07) is 0.513. The third kappa shape index (κ3) is 1.33. The molecule has 4 heteroatoms. The highest BCUT2D eigenvalue weighted by molar-refractivity contribution is 7.96. The van der Waals surface area contributed by atoms with E-state index >= 15 is 0 Å². The van der Waals surface area contributed by atoms with Gasteiger partial charge in [-0.1, -0.05) is 11.9 Å². The van der Waals surface area contributed by atoms with Crippen LogP contribution in [0.3, 0.4) is 0 Å². The van der Waals surface area contributed by atoms with Gasteiger partial charge in [0, 0.05) is 25.3 Å². The van der Waals surface area contributed by atoms with E-state index in [1.54, 1.807) is 11.9 Å². The van der Waals surface area contributed by atoms with Gasteiger partial charge in [0.15, 0.2) is 0 Å². The molecule has 0 spiro atoms. The van der Waals surface area contributed by atoms with Crippen molar-refractivity contribution in [2.75, 3.05) is 25.9 Å². The minimum Gasteiger partial charge on any atom is -0.298 e. The fourth-order valence-corrected chi connectivity index (χ4v) is 2.39. The van der Waals surface area contributed by atoms with Crippen LogP contribution in [-0.4, -0.2) is 47.0 Å². The molecular weight excluding hydrogens is 172 g/mol. The molecule has 0 unspecified atom stereocenters. The predicted octanol–water partition coefficient (Wildman–Crippen LogP) is 0.571. The number of rotatable bonds is 2. The Bertz CT molecular complexity index is 193. The smallest absolute Gasteiger partial charge is 0.234 e. The van der Waals surface area contributed by atoms with Gasteiger partial charge in [0.2, 0.25) is 5.91 Å². The van der Waals surface area contributed by atoms with E-state index in [0.717, 1.165) is 13.0 Å². The van der Waals surface area contributed by atoms with Crippen LogP contribution in [0.25, 0.3) is 0 Å². The summed E-state index contributed by atoms with van der Waals surface area (Å²) in [6.45, 7) is 3.32. The number of amides is 1. The standard InChI is InChI=1S/C8H14N2OS/c1-12-10-6-7(5-8(10)11)9-3-2-4-9/h7H,2-6H2,1H3/t7-/m1/s1. The zero-order valence-corrected chi connectivity index (χ0v) is 8.14. The maximum Gasteiger partial charge on any atom is 0.234 e. The second kappa shape index (κ2) is 3.26. The lowest BCUT2D eigenvalue weighted by atomic mass is 10.1. The molecule has 2 saturated heterocycles. The van der Waals surface area contributed by atoms with Crippen LogP contribution in [0.2, 0.25) is 0 Å². The number of carbonyl (C=O) groups excluding carboxylic acids is 1. The largest absolute Gasteiger partial charge is 0.298 e. The first kappa shape index (κ1) is 8.38. The van der Waals surface area contributed by atoms with Crippen LogP contribution >= 0.6 is 11.9 Å². The van der Waals surface area contributed by atoms with E-state index < -0.39 is 0 Å². The van der Waals surface area contributed by atoms with Crippen LogP contribution in [0.15, 0.2) is 0 Å². The minimum atomic E-state index is 0.305. The number of hydrogen-bond acceptors (Lipinski definition) is 3. The summed E-state index contributed by atoms with van der Waals surface area (Å²) < 4.78 is 1.88. The summed E-state index contributed by atoms with van der Waals surface area (Å²) >= 11 is 1.55. The molecule has 0 saturated carbocycles. The maximum absolute atomic E-state index is 11.3. The van der Waals surface area contributed by atoms with Crippen LogP contribution in [0, 0.1) is 0 Å². The quantitative estimate of drug-likeness (QED) is 0.589. The maximum atomic E-state index is 11.3. The van der Waals surface area contributed by atoms with Gasteiger partial charge in [-0.15, -0.1) is 0 Å². The normalized spacial score (nSPS) is 30.9. The molecule has 0 aromatic rings. The molecule has 2 aliphatic heterocycles. The molecule has 2 aliphatic rings. The van der Waals surface area contributed by atoms with Crippen molar-refractivity contribution >= 4 is 17.9 Å². The van der Waals surface area contributed by atoms with Crippen LogP contribution in [0.5, 0.6) is 0 Å². The summed E-state index contributed by atoms with van der Waals surface area (Å²) in [7, 11) is 0. The van der Waals surface area contributed by atoms with Crippen LogP contribution in [0.4, 0.5) is 0 Å². The number of nitrogens with zero attached hydrogens (tertiary/aromatic N) is 2. The molecule has 2 fully saturated rings. The molecule has 68 valence electrons. The Balaban J connectivity index is 1.91. The Kier molecular flexibility index (Phi) is 2.28. The van der Waals surface area contributed by atoms with Gasteiger partial charge in [-0.3, -0.25) is 14.0 Å². The van der Waals surface area contributed by atoms with Crippen molar-refractivity contribution in [3.63, 3.8) is 0 Å². The molecule has 0 aromatic carbocycles. The highest BCUT2D eigenvalue weighted by Gasteiger charge is 2.35. The van der Waals surface area contributed by atoms with Crippen LogP contribution in [0.1, 0.15) is 12.8 Å². The second-order valence-electron chi connectivity index (χ2n) is 3.38. The Morgan fingerprint density at radius 3 is 2.67 bits per heavy atom. The third-order valence-electron chi connectivity index (χ3n) is 2.69. The monoisotopic (exact) mass is 186 g/mol. The topological polar surface area (TPSA) is 23.6 Å². The molecular formula is C8H14N2OS. The zero-order valence-electron chi connectivity index (χ0n) is 7.32. The molecule has 2 rings (SSSR count). The molecule has 1 amide bonds. The third-order valence-corrected chi connectivity index (χ3v) is 3.49. The first-order chi connectivity index (χ1) is 5.81. The van der Waals surface area contributed by atoms with Crippen molar-refractivity contribution < 1.29 is 4.79 Å². The molecule has 2 heterocycles. The lowest BCUT2D eigenvalue weighted by Gasteiger charge is -2.35. The van der Waals surface area contributed by atoms with Crippen molar-refractivity contribution in [1.82, 2.24) is 9.21 Å². The van der Waals surface area contributed by atoms with E-state index in [1.165, 1.54) is 19.5 Å². The van der Waals surface area contributed by atoms with E-state index in [0.29, 0.717) is 11.9 Å². The Morgan fingerprint density at radius 2 is 2.25 bits per heavy atom. The van der Waals surface area contributed by atoms with Crippen molar-refractivity contribution in [1.29, 1.82) is 0 Å². The summed E-state index contributed by atoms with van der Waals surface area (Å²) in [4.78, 5) is 13.7. The average molecular weight is 186 g/mol. The zero-order chi connectivity index (χ0) is 8.55. The van der Waals surface area contributed by atoms with Crippen LogP contribution in [-0.2, 0) is 4.79 Å². The second-order valence-corrected chi connectivity index (χ2v) is 4.19. The minimum absolute atomic E-state index is 0.305. The Labute approximate surface area is 77.2 Å². The molecule has 1 atom stereocenters. The molecule has 3 nitrogen and oxygen atoms in total. The molecule has 0 bridgehead atoms. The Morgan fingerprint density at radius 1 is 1.50 bits per heavy atom. The van der Waals surface area contributed by atoms with Gasteiger partial charge in [-0.25, -0.2) is 0 Å².